The molecule has 12 heteroatoms. The van der Waals surface area contributed by atoms with Crippen molar-refractivity contribution < 1.29 is 57.0 Å². The van der Waals surface area contributed by atoms with E-state index in [1.54, 1.807) is 0 Å². The number of hydrogen-bond acceptors (Lipinski definition) is 12. The van der Waals surface area contributed by atoms with Crippen LogP contribution in [-0.2, 0) is 78.6 Å². The van der Waals surface area contributed by atoms with Crippen molar-refractivity contribution in [1.82, 2.24) is 0 Å². The van der Waals surface area contributed by atoms with E-state index in [1.165, 1.54) is 12.7 Å². The minimum atomic E-state index is -1.28. The molecule has 1 saturated heterocycles. The van der Waals surface area contributed by atoms with Crippen LogP contribution in [0, 0.1) is 50.2 Å². The van der Waals surface area contributed by atoms with Gasteiger partial charge in [-0.15, -0.1) is 0 Å². The van der Waals surface area contributed by atoms with E-state index in [4.69, 9.17) is 42.6 Å². The fourth-order valence-corrected chi connectivity index (χ4v) is 16.2. The van der Waals surface area contributed by atoms with Gasteiger partial charge in [0.15, 0.2) is 12.4 Å². The Bertz CT molecular complexity index is 2770. The van der Waals surface area contributed by atoms with Crippen molar-refractivity contribution >= 4 is 18.1 Å². The van der Waals surface area contributed by atoms with Gasteiger partial charge in [0.05, 0.1) is 25.2 Å². The molecule has 4 aromatic rings. The summed E-state index contributed by atoms with van der Waals surface area (Å²) in [7, 11) is 1.50. The first-order valence-electron chi connectivity index (χ1n) is 29.5. The molecule has 5 fully saturated rings. The van der Waals surface area contributed by atoms with E-state index in [9.17, 15) is 14.4 Å². The first kappa shape index (κ1) is 57.8. The third-order valence-electron chi connectivity index (χ3n) is 20.8. The molecule has 0 unspecified atom stereocenters. The summed E-state index contributed by atoms with van der Waals surface area (Å²) in [6.07, 6.45) is 5.93. The van der Waals surface area contributed by atoms with E-state index in [1.807, 2.05) is 121 Å². The van der Waals surface area contributed by atoms with Crippen LogP contribution < -0.4 is 0 Å². The molecule has 0 radical (unpaired) electrons. The molecule has 0 amide bonds. The lowest BCUT2D eigenvalue weighted by Gasteiger charge is -2.71. The van der Waals surface area contributed by atoms with E-state index in [-0.39, 0.29) is 78.1 Å². The summed E-state index contributed by atoms with van der Waals surface area (Å²) in [4.78, 5) is 42.5. The molecule has 6 aliphatic rings. The maximum absolute atomic E-state index is 14.5. The van der Waals surface area contributed by atoms with Crippen LogP contribution in [0.1, 0.15) is 135 Å². The van der Waals surface area contributed by atoms with Crippen LogP contribution in [0.5, 0.6) is 0 Å². The molecular formula is C68H86O12. The number of carbonyl (C=O) groups is 3. The van der Waals surface area contributed by atoms with Crippen LogP contribution in [0.25, 0.3) is 0 Å². The fraction of sp³-hybridized carbons (Fsp3) is 0.574. The van der Waals surface area contributed by atoms with Gasteiger partial charge in [-0.05, 0) is 126 Å². The minimum absolute atomic E-state index is 0.000193. The molecule has 430 valence electrons. The summed E-state index contributed by atoms with van der Waals surface area (Å²) in [5, 5.41) is 0. The van der Waals surface area contributed by atoms with Gasteiger partial charge in [-0.25, -0.2) is 9.59 Å². The quantitative estimate of drug-likeness (QED) is 0.0406. The third-order valence-corrected chi connectivity index (χ3v) is 20.8. The highest BCUT2D eigenvalue weighted by atomic mass is 16.7. The Morgan fingerprint density at radius 2 is 1.10 bits per heavy atom. The van der Waals surface area contributed by atoms with Crippen molar-refractivity contribution in [3.63, 3.8) is 0 Å². The average Bonchev–Trinajstić information content (AvgIpc) is 3.52. The van der Waals surface area contributed by atoms with Crippen LogP contribution in [0.3, 0.4) is 0 Å². The Labute approximate surface area is 474 Å². The molecule has 13 atom stereocenters. The Balaban J connectivity index is 0.785. The number of fused-ring (bicyclic) bond motifs is 7. The summed E-state index contributed by atoms with van der Waals surface area (Å²) in [5.41, 5.74) is 4.56. The number of hydrogen-bond donors (Lipinski definition) is 0. The molecule has 4 aromatic carbocycles. The molecule has 1 heterocycles. The van der Waals surface area contributed by atoms with E-state index in [0.717, 1.165) is 80.0 Å². The topological polar surface area (TPSA) is 134 Å². The van der Waals surface area contributed by atoms with E-state index in [0.29, 0.717) is 24.9 Å². The zero-order chi connectivity index (χ0) is 56.3. The van der Waals surface area contributed by atoms with E-state index < -0.39 is 48.2 Å². The van der Waals surface area contributed by atoms with Crippen LogP contribution in [0.15, 0.2) is 133 Å². The molecule has 0 N–H and O–H groups in total. The second-order valence-electron chi connectivity index (χ2n) is 26.1. The fourth-order valence-electron chi connectivity index (χ4n) is 16.2. The molecular weight excluding hydrogens is 1010 g/mol. The van der Waals surface area contributed by atoms with Crippen LogP contribution in [-0.4, -0.2) is 75.2 Å². The summed E-state index contributed by atoms with van der Waals surface area (Å²) in [5.74, 6) is 0.146. The van der Waals surface area contributed by atoms with Crippen LogP contribution in [0.4, 0.5) is 4.79 Å². The van der Waals surface area contributed by atoms with Crippen LogP contribution >= 0.6 is 0 Å². The van der Waals surface area contributed by atoms with Gasteiger partial charge >= 0.3 is 18.1 Å². The average molecular weight is 1100 g/mol. The van der Waals surface area contributed by atoms with Crippen molar-refractivity contribution in [1.29, 1.82) is 0 Å². The number of ether oxygens (including phenoxy) is 9. The normalized spacial score (nSPS) is 34.0. The summed E-state index contributed by atoms with van der Waals surface area (Å²) in [6.45, 7) is 17.4. The van der Waals surface area contributed by atoms with Crippen LogP contribution in [0.2, 0.25) is 0 Å². The lowest BCUT2D eigenvalue weighted by atomic mass is 9.33. The lowest BCUT2D eigenvalue weighted by molar-refractivity contribution is -0.315. The maximum Gasteiger partial charge on any atom is 0.508 e. The highest BCUT2D eigenvalue weighted by Gasteiger charge is 2.70. The number of esters is 2. The van der Waals surface area contributed by atoms with E-state index >= 15 is 0 Å². The predicted molar refractivity (Wildman–Crippen MR) is 303 cm³/mol. The predicted octanol–water partition coefficient (Wildman–Crippen LogP) is 13.7. The monoisotopic (exact) mass is 1090 g/mol. The van der Waals surface area contributed by atoms with Gasteiger partial charge in [0.25, 0.3) is 0 Å². The summed E-state index contributed by atoms with van der Waals surface area (Å²) >= 11 is 0. The molecule has 4 saturated carbocycles. The van der Waals surface area contributed by atoms with Gasteiger partial charge in [-0.1, -0.05) is 181 Å². The van der Waals surface area contributed by atoms with Crippen molar-refractivity contribution in [2.45, 2.75) is 176 Å². The van der Waals surface area contributed by atoms with E-state index in [2.05, 4.69) is 54.5 Å². The van der Waals surface area contributed by atoms with Gasteiger partial charge in [-0.3, -0.25) is 4.79 Å². The number of allylic oxidation sites excluding steroid dienone is 2. The van der Waals surface area contributed by atoms with Gasteiger partial charge in [0.2, 0.25) is 0 Å². The first-order chi connectivity index (χ1) is 38.4. The Kier molecular flexibility index (Phi) is 17.2. The molecule has 5 aliphatic carbocycles. The van der Waals surface area contributed by atoms with Gasteiger partial charge in [0, 0.05) is 12.5 Å². The van der Waals surface area contributed by atoms with Crippen molar-refractivity contribution in [2.75, 3.05) is 20.3 Å². The number of benzene rings is 4. The Morgan fingerprint density at radius 3 is 1.69 bits per heavy atom. The molecule has 10 rings (SSSR count). The standard InChI is InChI=1S/C68H86O12/c1-63(2)35-37-68(61(70)78-45-49-27-19-12-20-28-49)38-36-66(6)50(51(68)41-63)29-30-53-65(5)33-32-54(64(3,4)52(65)31-34-67(53,66)7)79-62(71)74-40-39-73-59(69)57-55(75-42-46-21-13-9-14-22-46)56(76-43-47-23-15-10-16-24-47)58(60(72-8)80-57)77-44-48-25-17-11-18-26-48/h9-29,51-58,60H,30-45H2,1-8H3/t51-,52-,53+,54-,55-,56-,57-,58+,60-,65-,66+,67+,68-/m0/s1. The Morgan fingerprint density at radius 1 is 0.562 bits per heavy atom. The zero-order valence-corrected chi connectivity index (χ0v) is 48.5. The first-order valence-corrected chi connectivity index (χ1v) is 29.5. The zero-order valence-electron chi connectivity index (χ0n) is 48.5. The third kappa shape index (κ3) is 11.4. The Hall–Kier alpha value is -5.37. The molecule has 0 spiro atoms. The molecule has 80 heavy (non-hydrogen) atoms. The highest BCUT2D eigenvalue weighted by molar-refractivity contribution is 5.79. The summed E-state index contributed by atoms with van der Waals surface area (Å²) < 4.78 is 56.1. The maximum atomic E-state index is 14.5. The second kappa shape index (κ2) is 23.8. The SMILES string of the molecule is CO[C@H]1O[C@H](C(=O)OCCOC(=O)O[C@H]2CC[C@]3(C)[C@H]4CC=C5[C@@H]6CC(C)(C)CC[C@]6(C(=O)OCc6ccccc6)CC[C@@]5(C)[C@]4(C)CC[C@H]3C2(C)C)[C@@H](OCc2ccccc2)[C@H](OCc2ccccc2)[C@H]1OCc1ccccc1. The van der Waals surface area contributed by atoms with Crippen molar-refractivity contribution in [3.05, 3.63) is 155 Å². The second-order valence-corrected chi connectivity index (χ2v) is 26.1. The molecule has 12 nitrogen and oxygen atoms in total. The molecule has 0 bridgehead atoms. The number of carbonyl (C=O) groups excluding carboxylic acids is 3. The lowest BCUT2D eigenvalue weighted by Crippen LogP contribution is -2.65. The van der Waals surface area contributed by atoms with Gasteiger partial charge < -0.3 is 42.6 Å². The van der Waals surface area contributed by atoms with Crippen molar-refractivity contribution in [2.24, 2.45) is 50.2 Å². The highest BCUT2D eigenvalue weighted by Crippen LogP contribution is 2.76. The number of rotatable bonds is 18. The number of methoxy groups -OCH3 is 1. The molecule has 0 aromatic heterocycles. The minimum Gasteiger partial charge on any atom is -0.460 e. The van der Waals surface area contributed by atoms with Gasteiger partial charge in [-0.2, -0.15) is 0 Å². The van der Waals surface area contributed by atoms with Gasteiger partial charge in [0.1, 0.15) is 44.2 Å². The smallest absolute Gasteiger partial charge is 0.460 e. The van der Waals surface area contributed by atoms with Crippen molar-refractivity contribution in [3.8, 4) is 0 Å². The molecule has 1 aliphatic heterocycles. The summed E-state index contributed by atoms with van der Waals surface area (Å²) in [6, 6.07) is 39.3. The largest absolute Gasteiger partial charge is 0.508 e.